The SMILES string of the molecule is CC(C)CC[C@]1(C2CCN(C(=O)C3=CCCC3)CC2)NC(=O)N(Cc2ccccn2)C1=O. The fraction of sp³-hybridized carbons (Fsp3) is 0.600. The summed E-state index contributed by atoms with van der Waals surface area (Å²) in [5.74, 6) is 0.457. The minimum Gasteiger partial charge on any atom is -0.339 e. The summed E-state index contributed by atoms with van der Waals surface area (Å²) in [6, 6.07) is 5.17. The second kappa shape index (κ2) is 9.43. The van der Waals surface area contributed by atoms with Gasteiger partial charge in [0.25, 0.3) is 5.91 Å². The van der Waals surface area contributed by atoms with Crippen molar-refractivity contribution in [2.75, 3.05) is 13.1 Å². The molecule has 172 valence electrons. The summed E-state index contributed by atoms with van der Waals surface area (Å²) in [5.41, 5.74) is 0.739. The average Bonchev–Trinajstić information content (AvgIpc) is 3.42. The van der Waals surface area contributed by atoms with Crippen molar-refractivity contribution in [1.82, 2.24) is 20.1 Å². The van der Waals surface area contributed by atoms with Crippen LogP contribution in [0, 0.1) is 11.8 Å². The Kier molecular flexibility index (Phi) is 6.63. The minimum atomic E-state index is -0.891. The number of nitrogens with zero attached hydrogens (tertiary/aromatic N) is 3. The smallest absolute Gasteiger partial charge is 0.325 e. The lowest BCUT2D eigenvalue weighted by atomic mass is 9.73. The van der Waals surface area contributed by atoms with Crippen LogP contribution < -0.4 is 5.32 Å². The topological polar surface area (TPSA) is 82.6 Å². The number of carbonyl (C=O) groups excluding carboxylic acids is 3. The van der Waals surface area contributed by atoms with Crippen molar-refractivity contribution >= 4 is 17.8 Å². The van der Waals surface area contributed by atoms with Gasteiger partial charge >= 0.3 is 6.03 Å². The van der Waals surface area contributed by atoms with Gasteiger partial charge in [0.1, 0.15) is 5.54 Å². The highest BCUT2D eigenvalue weighted by Crippen LogP contribution is 2.38. The van der Waals surface area contributed by atoms with Crippen LogP contribution in [-0.2, 0) is 16.1 Å². The first-order valence-electron chi connectivity index (χ1n) is 11.9. The Labute approximate surface area is 190 Å². The second-order valence-corrected chi connectivity index (χ2v) is 9.73. The van der Waals surface area contributed by atoms with Crippen molar-refractivity contribution in [3.05, 3.63) is 41.7 Å². The normalized spacial score (nSPS) is 24.3. The molecule has 0 aromatic carbocycles. The van der Waals surface area contributed by atoms with E-state index in [2.05, 4.69) is 30.2 Å². The Hall–Kier alpha value is -2.70. The molecule has 0 saturated carbocycles. The molecule has 32 heavy (non-hydrogen) atoms. The van der Waals surface area contributed by atoms with Crippen molar-refractivity contribution in [1.29, 1.82) is 0 Å². The number of aromatic nitrogens is 1. The molecule has 0 unspecified atom stereocenters. The van der Waals surface area contributed by atoms with Gasteiger partial charge in [-0.2, -0.15) is 0 Å². The number of imide groups is 1. The van der Waals surface area contributed by atoms with Gasteiger partial charge in [0, 0.05) is 24.9 Å². The molecule has 2 saturated heterocycles. The molecular formula is C25H34N4O3. The number of pyridine rings is 1. The van der Waals surface area contributed by atoms with Gasteiger partial charge in [-0.25, -0.2) is 4.79 Å². The molecule has 1 N–H and O–H groups in total. The van der Waals surface area contributed by atoms with Crippen molar-refractivity contribution in [2.45, 2.75) is 70.9 Å². The van der Waals surface area contributed by atoms with E-state index >= 15 is 0 Å². The summed E-state index contributed by atoms with van der Waals surface area (Å²) >= 11 is 0. The lowest BCUT2D eigenvalue weighted by Crippen LogP contribution is -2.56. The maximum absolute atomic E-state index is 13.7. The molecule has 7 nitrogen and oxygen atoms in total. The van der Waals surface area contributed by atoms with Gasteiger partial charge in [-0.1, -0.05) is 26.0 Å². The van der Waals surface area contributed by atoms with Crippen LogP contribution in [0.1, 0.15) is 64.5 Å². The Morgan fingerprint density at radius 2 is 2.03 bits per heavy atom. The van der Waals surface area contributed by atoms with E-state index in [1.165, 1.54) is 4.90 Å². The van der Waals surface area contributed by atoms with Gasteiger partial charge < -0.3 is 10.2 Å². The molecule has 3 heterocycles. The predicted octanol–water partition coefficient (Wildman–Crippen LogP) is 3.66. The molecule has 1 aromatic rings. The maximum atomic E-state index is 13.7. The highest BCUT2D eigenvalue weighted by atomic mass is 16.2. The third-order valence-corrected chi connectivity index (χ3v) is 7.16. The molecule has 0 radical (unpaired) electrons. The van der Waals surface area contributed by atoms with Crippen LogP contribution in [-0.4, -0.2) is 51.3 Å². The fourth-order valence-corrected chi connectivity index (χ4v) is 5.25. The zero-order chi connectivity index (χ0) is 22.7. The quantitative estimate of drug-likeness (QED) is 0.659. The van der Waals surface area contributed by atoms with Crippen molar-refractivity contribution in [3.8, 4) is 0 Å². The Bertz CT molecular complexity index is 890. The lowest BCUT2D eigenvalue weighted by Gasteiger charge is -2.41. The van der Waals surface area contributed by atoms with E-state index in [9.17, 15) is 14.4 Å². The molecule has 0 spiro atoms. The fourth-order valence-electron chi connectivity index (χ4n) is 5.25. The zero-order valence-electron chi connectivity index (χ0n) is 19.2. The molecule has 4 amide bonds. The van der Waals surface area contributed by atoms with E-state index in [0.717, 1.165) is 44.1 Å². The molecule has 4 rings (SSSR count). The summed E-state index contributed by atoms with van der Waals surface area (Å²) in [4.78, 5) is 47.0. The predicted molar refractivity (Wildman–Crippen MR) is 121 cm³/mol. The lowest BCUT2D eigenvalue weighted by molar-refractivity contribution is -0.135. The molecule has 3 aliphatic rings. The molecule has 1 aromatic heterocycles. The molecule has 2 fully saturated rings. The Morgan fingerprint density at radius 3 is 2.66 bits per heavy atom. The maximum Gasteiger partial charge on any atom is 0.325 e. The van der Waals surface area contributed by atoms with Crippen LogP contribution in [0.4, 0.5) is 4.79 Å². The number of piperidine rings is 1. The summed E-state index contributed by atoms with van der Waals surface area (Å²) in [6.07, 6.45) is 9.58. The molecule has 1 atom stereocenters. The van der Waals surface area contributed by atoms with Gasteiger partial charge in [-0.05, 0) is 68.9 Å². The molecule has 0 bridgehead atoms. The number of hydrogen-bond donors (Lipinski definition) is 1. The number of amides is 4. The first-order valence-corrected chi connectivity index (χ1v) is 11.9. The number of hydrogen-bond acceptors (Lipinski definition) is 4. The summed E-state index contributed by atoms with van der Waals surface area (Å²) in [5, 5.41) is 3.11. The number of allylic oxidation sites excluding steroid dienone is 1. The third-order valence-electron chi connectivity index (χ3n) is 7.16. The molecule has 2 aliphatic heterocycles. The first-order chi connectivity index (χ1) is 15.4. The Morgan fingerprint density at radius 1 is 1.25 bits per heavy atom. The Balaban J connectivity index is 1.50. The summed E-state index contributed by atoms with van der Waals surface area (Å²) < 4.78 is 0. The van der Waals surface area contributed by atoms with Gasteiger partial charge in [0.2, 0.25) is 5.91 Å². The molecule has 1 aliphatic carbocycles. The number of urea groups is 1. The van der Waals surface area contributed by atoms with Crippen LogP contribution in [0.5, 0.6) is 0 Å². The van der Waals surface area contributed by atoms with Gasteiger partial charge in [-0.15, -0.1) is 0 Å². The van der Waals surface area contributed by atoms with Crippen molar-refractivity contribution in [3.63, 3.8) is 0 Å². The van der Waals surface area contributed by atoms with Gasteiger partial charge in [0.05, 0.1) is 12.2 Å². The van der Waals surface area contributed by atoms with Crippen LogP contribution in [0.15, 0.2) is 36.0 Å². The third kappa shape index (κ3) is 4.43. The largest absolute Gasteiger partial charge is 0.339 e. The van der Waals surface area contributed by atoms with Gasteiger partial charge in [-0.3, -0.25) is 19.5 Å². The number of rotatable bonds is 7. The van der Waals surface area contributed by atoms with E-state index in [4.69, 9.17) is 0 Å². The monoisotopic (exact) mass is 438 g/mol. The van der Waals surface area contributed by atoms with Crippen LogP contribution >= 0.6 is 0 Å². The highest BCUT2D eigenvalue weighted by molar-refractivity contribution is 6.07. The summed E-state index contributed by atoms with van der Waals surface area (Å²) in [7, 11) is 0. The number of carbonyl (C=O) groups is 3. The standard InChI is InChI=1S/C25H34N4O3/c1-18(2)10-13-25(20-11-15-28(16-12-20)22(30)19-7-3-4-8-19)23(31)29(24(32)27-25)17-21-9-5-6-14-26-21/h5-7,9,14,18,20H,3-4,8,10-13,15-17H2,1-2H3,(H,27,32)/t25-/m1/s1. The van der Waals surface area contributed by atoms with Crippen molar-refractivity contribution < 1.29 is 14.4 Å². The molecular weight excluding hydrogens is 404 g/mol. The first kappa shape index (κ1) is 22.5. The van der Waals surface area contributed by atoms with E-state index in [-0.39, 0.29) is 30.3 Å². The van der Waals surface area contributed by atoms with Crippen LogP contribution in [0.25, 0.3) is 0 Å². The van der Waals surface area contributed by atoms with E-state index in [0.29, 0.717) is 31.1 Å². The van der Waals surface area contributed by atoms with Crippen LogP contribution in [0.2, 0.25) is 0 Å². The van der Waals surface area contributed by atoms with E-state index in [1.54, 1.807) is 6.20 Å². The highest BCUT2D eigenvalue weighted by Gasteiger charge is 2.55. The van der Waals surface area contributed by atoms with E-state index in [1.807, 2.05) is 23.1 Å². The zero-order valence-corrected chi connectivity index (χ0v) is 19.2. The molecule has 7 heteroatoms. The van der Waals surface area contributed by atoms with E-state index < -0.39 is 5.54 Å². The number of nitrogens with one attached hydrogen (secondary N) is 1. The number of likely N-dealkylation sites (tertiary alicyclic amines) is 1. The van der Waals surface area contributed by atoms with Crippen molar-refractivity contribution in [2.24, 2.45) is 11.8 Å². The summed E-state index contributed by atoms with van der Waals surface area (Å²) in [6.45, 7) is 5.72. The average molecular weight is 439 g/mol. The minimum absolute atomic E-state index is 0.0213. The van der Waals surface area contributed by atoms with Gasteiger partial charge in [0.15, 0.2) is 0 Å². The van der Waals surface area contributed by atoms with Crippen LogP contribution in [0.3, 0.4) is 0 Å². The second-order valence-electron chi connectivity index (χ2n) is 9.73.